The zero-order valence-electron chi connectivity index (χ0n) is 13.7. The highest BCUT2D eigenvalue weighted by Gasteiger charge is 2.28. The van der Waals surface area contributed by atoms with Crippen molar-refractivity contribution in [3.05, 3.63) is 0 Å². The zero-order valence-corrected chi connectivity index (χ0v) is 13.7. The molecule has 0 bridgehead atoms. The standard InChI is InChI=1S/C14H26N2O4/c1-9(2)11(17)19-13(5,6)15-16-14(7,8)20-12(18)10(3)4/h9-10H,1-8H3. The van der Waals surface area contributed by atoms with E-state index in [1.165, 1.54) is 0 Å². The van der Waals surface area contributed by atoms with Crippen LogP contribution in [-0.4, -0.2) is 23.4 Å². The topological polar surface area (TPSA) is 77.3 Å². The van der Waals surface area contributed by atoms with Crippen LogP contribution < -0.4 is 0 Å². The van der Waals surface area contributed by atoms with Gasteiger partial charge in [-0.3, -0.25) is 9.59 Å². The van der Waals surface area contributed by atoms with Crippen LogP contribution in [0.4, 0.5) is 0 Å². The molecule has 0 saturated carbocycles. The van der Waals surface area contributed by atoms with E-state index in [9.17, 15) is 9.59 Å². The van der Waals surface area contributed by atoms with Crippen molar-refractivity contribution in [1.82, 2.24) is 0 Å². The molecule has 0 saturated heterocycles. The number of carbonyl (C=O) groups is 2. The van der Waals surface area contributed by atoms with Gasteiger partial charge in [-0.2, -0.15) is 0 Å². The van der Waals surface area contributed by atoms with Crippen molar-refractivity contribution in [3.8, 4) is 0 Å². The van der Waals surface area contributed by atoms with E-state index in [0.717, 1.165) is 0 Å². The SMILES string of the molecule is CC(C)C(=O)OC(C)(C)N=NC(C)(C)OC(=O)C(C)C. The first kappa shape index (κ1) is 18.5. The van der Waals surface area contributed by atoms with Gasteiger partial charge >= 0.3 is 11.9 Å². The Bertz CT molecular complexity index is 349. The molecule has 0 aromatic heterocycles. The molecule has 20 heavy (non-hydrogen) atoms. The third-order valence-electron chi connectivity index (χ3n) is 2.18. The van der Waals surface area contributed by atoms with Crippen LogP contribution in [0.3, 0.4) is 0 Å². The van der Waals surface area contributed by atoms with Gasteiger partial charge in [0.05, 0.1) is 11.8 Å². The van der Waals surface area contributed by atoms with Crippen LogP contribution in [0.15, 0.2) is 10.2 Å². The highest BCUT2D eigenvalue weighted by atomic mass is 16.6. The predicted molar refractivity (Wildman–Crippen MR) is 74.9 cm³/mol. The normalized spacial score (nSPS) is 13.1. The Morgan fingerprint density at radius 3 is 1.20 bits per heavy atom. The second-order valence-corrected chi connectivity index (χ2v) is 6.25. The van der Waals surface area contributed by atoms with Crippen molar-refractivity contribution >= 4 is 11.9 Å². The summed E-state index contributed by atoms with van der Waals surface area (Å²) in [4.78, 5) is 23.1. The molecule has 0 radical (unpaired) electrons. The van der Waals surface area contributed by atoms with Gasteiger partial charge in [0, 0.05) is 0 Å². The van der Waals surface area contributed by atoms with Crippen LogP contribution in [0.5, 0.6) is 0 Å². The van der Waals surface area contributed by atoms with Gasteiger partial charge in [0.1, 0.15) is 0 Å². The smallest absolute Gasteiger partial charge is 0.310 e. The maximum atomic E-state index is 11.5. The van der Waals surface area contributed by atoms with Crippen LogP contribution in [-0.2, 0) is 19.1 Å². The van der Waals surface area contributed by atoms with Crippen molar-refractivity contribution in [1.29, 1.82) is 0 Å². The maximum Gasteiger partial charge on any atom is 0.310 e. The van der Waals surface area contributed by atoms with E-state index >= 15 is 0 Å². The quantitative estimate of drug-likeness (QED) is 0.554. The van der Waals surface area contributed by atoms with Gasteiger partial charge in [-0.25, -0.2) is 0 Å². The number of nitrogens with zero attached hydrogens (tertiary/aromatic N) is 2. The molecule has 0 aromatic rings. The van der Waals surface area contributed by atoms with E-state index in [1.807, 2.05) is 0 Å². The minimum absolute atomic E-state index is 0.240. The van der Waals surface area contributed by atoms with Crippen LogP contribution in [0, 0.1) is 11.8 Å². The molecule has 0 amide bonds. The molecule has 6 heteroatoms. The van der Waals surface area contributed by atoms with E-state index in [1.54, 1.807) is 55.4 Å². The molecular formula is C14H26N2O4. The first-order valence-corrected chi connectivity index (χ1v) is 6.76. The highest BCUT2D eigenvalue weighted by Crippen LogP contribution is 2.20. The average Bonchev–Trinajstić information content (AvgIpc) is 2.25. The van der Waals surface area contributed by atoms with E-state index in [4.69, 9.17) is 9.47 Å². The van der Waals surface area contributed by atoms with Gasteiger partial charge in [0.2, 0.25) is 11.4 Å². The molecule has 0 heterocycles. The van der Waals surface area contributed by atoms with Gasteiger partial charge in [-0.05, 0) is 27.7 Å². The first-order valence-electron chi connectivity index (χ1n) is 6.76. The van der Waals surface area contributed by atoms with Gasteiger partial charge < -0.3 is 9.47 Å². The predicted octanol–water partition coefficient (Wildman–Crippen LogP) is 3.31. The summed E-state index contributed by atoms with van der Waals surface area (Å²) in [6.07, 6.45) is 0. The lowest BCUT2D eigenvalue weighted by atomic mass is 10.2. The lowest BCUT2D eigenvalue weighted by Gasteiger charge is -2.24. The molecular weight excluding hydrogens is 260 g/mol. The zero-order chi connectivity index (χ0) is 16.1. The number of hydrogen-bond donors (Lipinski definition) is 0. The van der Waals surface area contributed by atoms with Crippen LogP contribution in [0.1, 0.15) is 55.4 Å². The van der Waals surface area contributed by atoms with E-state index in [2.05, 4.69) is 10.2 Å². The number of esters is 2. The number of azo groups is 1. The molecule has 0 aromatic carbocycles. The Hall–Kier alpha value is -1.46. The molecule has 0 atom stereocenters. The summed E-state index contributed by atoms with van der Waals surface area (Å²) in [5.41, 5.74) is -2.19. The fourth-order valence-electron chi connectivity index (χ4n) is 1.01. The van der Waals surface area contributed by atoms with E-state index in [0.29, 0.717) is 0 Å². The summed E-state index contributed by atoms with van der Waals surface area (Å²) < 4.78 is 10.4. The maximum absolute atomic E-state index is 11.5. The van der Waals surface area contributed by atoms with Crippen molar-refractivity contribution < 1.29 is 19.1 Å². The third-order valence-corrected chi connectivity index (χ3v) is 2.18. The largest absolute Gasteiger partial charge is 0.436 e. The second kappa shape index (κ2) is 6.81. The highest BCUT2D eigenvalue weighted by molar-refractivity contribution is 5.72. The van der Waals surface area contributed by atoms with Crippen molar-refractivity contribution in [3.63, 3.8) is 0 Å². The number of carbonyl (C=O) groups excluding carboxylic acids is 2. The van der Waals surface area contributed by atoms with Gasteiger partial charge in [-0.15, -0.1) is 10.2 Å². The summed E-state index contributed by atoms with van der Waals surface area (Å²) in [5.74, 6) is -1.19. The van der Waals surface area contributed by atoms with Crippen molar-refractivity contribution in [2.75, 3.05) is 0 Å². The monoisotopic (exact) mass is 286 g/mol. The Labute approximate surface area is 120 Å². The number of ether oxygens (including phenoxy) is 2. The molecule has 116 valence electrons. The van der Waals surface area contributed by atoms with Gasteiger partial charge in [-0.1, -0.05) is 27.7 Å². The Kier molecular flexibility index (Phi) is 6.32. The molecule has 0 aliphatic rings. The first-order chi connectivity index (χ1) is 8.86. The summed E-state index contributed by atoms with van der Waals surface area (Å²) >= 11 is 0. The summed E-state index contributed by atoms with van der Waals surface area (Å²) in [6, 6.07) is 0. The van der Waals surface area contributed by atoms with Crippen LogP contribution in [0.25, 0.3) is 0 Å². The van der Waals surface area contributed by atoms with Gasteiger partial charge in [0.25, 0.3) is 0 Å². The summed E-state index contributed by atoms with van der Waals surface area (Å²) in [6.45, 7) is 13.4. The van der Waals surface area contributed by atoms with Gasteiger partial charge in [0.15, 0.2) is 0 Å². The summed E-state index contributed by atoms with van der Waals surface area (Å²) in [7, 11) is 0. The molecule has 6 nitrogen and oxygen atoms in total. The van der Waals surface area contributed by atoms with Crippen LogP contribution in [0.2, 0.25) is 0 Å². The fraction of sp³-hybridized carbons (Fsp3) is 0.857. The van der Waals surface area contributed by atoms with Crippen molar-refractivity contribution in [2.24, 2.45) is 22.1 Å². The lowest BCUT2D eigenvalue weighted by molar-refractivity contribution is -0.165. The lowest BCUT2D eigenvalue weighted by Crippen LogP contribution is -2.31. The molecule has 0 fully saturated rings. The molecule has 0 aliphatic heterocycles. The van der Waals surface area contributed by atoms with Crippen molar-refractivity contribution in [2.45, 2.75) is 66.8 Å². The molecule has 0 spiro atoms. The Morgan fingerprint density at radius 1 is 0.750 bits per heavy atom. The summed E-state index contributed by atoms with van der Waals surface area (Å²) in [5, 5.41) is 7.93. The molecule has 0 unspecified atom stereocenters. The minimum Gasteiger partial charge on any atom is -0.436 e. The van der Waals surface area contributed by atoms with E-state index in [-0.39, 0.29) is 23.8 Å². The molecule has 0 rings (SSSR count). The van der Waals surface area contributed by atoms with Crippen LogP contribution >= 0.6 is 0 Å². The second-order valence-electron chi connectivity index (χ2n) is 6.25. The minimum atomic E-state index is -1.09. The van der Waals surface area contributed by atoms with E-state index < -0.39 is 11.4 Å². The number of hydrogen-bond acceptors (Lipinski definition) is 6. The molecule has 0 aliphatic carbocycles. The average molecular weight is 286 g/mol. The molecule has 0 N–H and O–H groups in total. The Balaban J connectivity index is 4.73. The Morgan fingerprint density at radius 2 is 1.00 bits per heavy atom. The fourth-order valence-corrected chi connectivity index (χ4v) is 1.01. The number of rotatable bonds is 6. The third kappa shape index (κ3) is 7.21.